The molecule has 1 unspecified atom stereocenters. The van der Waals surface area contributed by atoms with Crippen molar-refractivity contribution < 1.29 is 18.8 Å². The van der Waals surface area contributed by atoms with Crippen LogP contribution in [0, 0.1) is 12.7 Å². The molecule has 1 heterocycles. The highest BCUT2D eigenvalue weighted by Crippen LogP contribution is 2.13. The van der Waals surface area contributed by atoms with Crippen LogP contribution in [0.4, 0.5) is 10.1 Å². The number of aryl methyl sites for hydroxylation is 1. The van der Waals surface area contributed by atoms with E-state index in [0.29, 0.717) is 47.7 Å². The van der Waals surface area contributed by atoms with Crippen molar-refractivity contribution in [1.29, 1.82) is 0 Å². The fourth-order valence-corrected chi connectivity index (χ4v) is 3.04. The van der Waals surface area contributed by atoms with Gasteiger partial charge in [0.05, 0.1) is 17.5 Å². The molecule has 0 aliphatic rings. The number of ether oxygens (including phenoxy) is 1. The Morgan fingerprint density at radius 1 is 1.28 bits per heavy atom. The molecular weight excluding hydrogens is 375 g/mol. The summed E-state index contributed by atoms with van der Waals surface area (Å²) in [5, 5.41) is 3.23. The normalized spacial score (nSPS) is 12.1. The number of para-hydroxylation sites is 1. The number of anilines is 1. The van der Waals surface area contributed by atoms with E-state index in [1.54, 1.807) is 44.4 Å². The van der Waals surface area contributed by atoms with Crippen LogP contribution >= 0.6 is 0 Å². The quantitative estimate of drug-likeness (QED) is 0.528. The maximum absolute atomic E-state index is 13.7. The van der Waals surface area contributed by atoms with Gasteiger partial charge in [-0.15, -0.1) is 0 Å². The number of halogens is 1. The van der Waals surface area contributed by atoms with Crippen molar-refractivity contribution in [1.82, 2.24) is 9.97 Å². The number of rotatable bonds is 8. The molecule has 7 nitrogen and oxygen atoms in total. The second-order valence-electron chi connectivity index (χ2n) is 6.89. The number of quaternary nitrogens is 1. The van der Waals surface area contributed by atoms with E-state index in [9.17, 15) is 14.0 Å². The number of methoxy groups -OCH3 is 1. The topological polar surface area (TPSA) is 88.5 Å². The molecule has 2 aromatic carbocycles. The lowest BCUT2D eigenvalue weighted by Crippen LogP contribution is -3.12. The number of aromatic nitrogens is 2. The number of hydrogen-bond donors (Lipinski definition) is 3. The molecule has 1 amide bonds. The van der Waals surface area contributed by atoms with E-state index in [4.69, 9.17) is 4.74 Å². The number of benzene rings is 2. The molecule has 0 radical (unpaired) electrons. The minimum Gasteiger partial charge on any atom is -0.379 e. The van der Waals surface area contributed by atoms with Gasteiger partial charge in [0.1, 0.15) is 18.9 Å². The molecule has 3 rings (SSSR count). The molecule has 0 aliphatic heterocycles. The molecule has 0 aliphatic carbocycles. The number of aromatic amines is 1. The molecule has 8 heteroatoms. The van der Waals surface area contributed by atoms with Crippen LogP contribution in [0.15, 0.2) is 47.3 Å². The number of hydrogen-bond acceptors (Lipinski definition) is 4. The summed E-state index contributed by atoms with van der Waals surface area (Å²) >= 11 is 0. The van der Waals surface area contributed by atoms with Crippen LogP contribution in [-0.2, 0) is 16.1 Å². The number of fused-ring (bicyclic) bond motifs is 1. The maximum atomic E-state index is 13.7. The predicted octanol–water partition coefficient (Wildman–Crippen LogP) is 1.04. The van der Waals surface area contributed by atoms with Gasteiger partial charge in [0.25, 0.3) is 11.5 Å². The summed E-state index contributed by atoms with van der Waals surface area (Å²) in [4.78, 5) is 32.9. The van der Waals surface area contributed by atoms with Crippen molar-refractivity contribution >= 4 is 22.5 Å². The summed E-state index contributed by atoms with van der Waals surface area (Å²) in [7, 11) is 1.59. The second kappa shape index (κ2) is 9.40. The molecule has 0 fully saturated rings. The van der Waals surface area contributed by atoms with E-state index >= 15 is 0 Å². The first kappa shape index (κ1) is 20.6. The number of carbonyl (C=O) groups is 1. The minimum atomic E-state index is -0.371. The molecule has 1 atom stereocenters. The molecule has 3 aromatic rings. The van der Waals surface area contributed by atoms with Crippen LogP contribution in [0.1, 0.15) is 11.4 Å². The molecule has 1 aromatic heterocycles. The number of nitrogens with one attached hydrogen (secondary N) is 3. The van der Waals surface area contributed by atoms with Gasteiger partial charge in [-0.25, -0.2) is 9.37 Å². The standard InChI is InChI=1S/C21H23FN4O3/c1-14-7-8-15(11-17(14)22)23-20(27)13-26(9-10-29-2)12-19-24-18-6-4-3-5-16(18)21(28)25-19/h3-8,11H,9-10,12-13H2,1-2H3,(H,23,27)(H,24,25,28)/p+1. The average molecular weight is 399 g/mol. The first-order valence-corrected chi connectivity index (χ1v) is 9.32. The summed E-state index contributed by atoms with van der Waals surface area (Å²) in [5.41, 5.74) is 1.32. The monoisotopic (exact) mass is 399 g/mol. The molecule has 0 saturated carbocycles. The Labute approximate surface area is 167 Å². The predicted molar refractivity (Wildman–Crippen MR) is 108 cm³/mol. The Kier molecular flexibility index (Phi) is 6.69. The van der Waals surface area contributed by atoms with Crippen LogP contribution < -0.4 is 15.8 Å². The Balaban J connectivity index is 1.73. The lowest BCUT2D eigenvalue weighted by atomic mass is 10.2. The average Bonchev–Trinajstić information content (AvgIpc) is 2.69. The molecule has 0 saturated heterocycles. The Morgan fingerprint density at radius 3 is 2.83 bits per heavy atom. The number of carbonyl (C=O) groups excluding carboxylic acids is 1. The minimum absolute atomic E-state index is 0.120. The van der Waals surface area contributed by atoms with Crippen molar-refractivity contribution in [3.05, 3.63) is 70.0 Å². The Morgan fingerprint density at radius 2 is 2.07 bits per heavy atom. The molecule has 0 spiro atoms. The largest absolute Gasteiger partial charge is 0.379 e. The van der Waals surface area contributed by atoms with Crippen molar-refractivity contribution in [2.24, 2.45) is 0 Å². The van der Waals surface area contributed by atoms with Gasteiger partial charge in [-0.05, 0) is 36.8 Å². The van der Waals surface area contributed by atoms with E-state index in [0.717, 1.165) is 4.90 Å². The highest BCUT2D eigenvalue weighted by atomic mass is 19.1. The van der Waals surface area contributed by atoms with E-state index < -0.39 is 0 Å². The molecule has 29 heavy (non-hydrogen) atoms. The van der Waals surface area contributed by atoms with Gasteiger partial charge in [0, 0.05) is 12.8 Å². The van der Waals surface area contributed by atoms with Crippen molar-refractivity contribution in [2.75, 3.05) is 32.1 Å². The fraction of sp³-hybridized carbons (Fsp3) is 0.286. The van der Waals surface area contributed by atoms with Crippen LogP contribution in [-0.4, -0.2) is 42.7 Å². The third kappa shape index (κ3) is 5.46. The summed E-state index contributed by atoms with van der Waals surface area (Å²) in [6.07, 6.45) is 0. The zero-order valence-corrected chi connectivity index (χ0v) is 16.4. The van der Waals surface area contributed by atoms with Gasteiger partial charge in [-0.1, -0.05) is 18.2 Å². The lowest BCUT2D eigenvalue weighted by molar-refractivity contribution is -0.906. The Bertz CT molecular complexity index is 1070. The van der Waals surface area contributed by atoms with Gasteiger partial charge >= 0.3 is 0 Å². The maximum Gasteiger partial charge on any atom is 0.279 e. The fourth-order valence-electron chi connectivity index (χ4n) is 3.04. The van der Waals surface area contributed by atoms with Gasteiger partial charge in [-0.3, -0.25) is 9.59 Å². The SMILES string of the molecule is COCC[NH+](CC(=O)Nc1ccc(C)c(F)c1)Cc1nc2ccccc2c(=O)[nH]1. The van der Waals surface area contributed by atoms with Crippen LogP contribution in [0.5, 0.6) is 0 Å². The zero-order chi connectivity index (χ0) is 20.8. The van der Waals surface area contributed by atoms with Crippen LogP contribution in [0.25, 0.3) is 10.9 Å². The number of amides is 1. The number of nitrogens with zero attached hydrogens (tertiary/aromatic N) is 1. The van der Waals surface area contributed by atoms with Gasteiger partial charge in [0.2, 0.25) is 0 Å². The van der Waals surface area contributed by atoms with Crippen molar-refractivity contribution in [3.8, 4) is 0 Å². The summed E-state index contributed by atoms with van der Waals surface area (Å²) in [6.45, 7) is 3.12. The summed E-state index contributed by atoms with van der Waals surface area (Å²) < 4.78 is 18.8. The first-order chi connectivity index (χ1) is 14.0. The van der Waals surface area contributed by atoms with Gasteiger partial charge in [-0.2, -0.15) is 0 Å². The lowest BCUT2D eigenvalue weighted by Gasteiger charge is -2.18. The Hall–Kier alpha value is -3.10. The van der Waals surface area contributed by atoms with Crippen LogP contribution in [0.2, 0.25) is 0 Å². The third-order valence-corrected chi connectivity index (χ3v) is 4.61. The summed E-state index contributed by atoms with van der Waals surface area (Å²) in [6, 6.07) is 11.7. The van der Waals surface area contributed by atoms with E-state index in [-0.39, 0.29) is 23.8 Å². The third-order valence-electron chi connectivity index (χ3n) is 4.61. The molecule has 3 N–H and O–H groups in total. The molecule has 152 valence electrons. The number of H-pyrrole nitrogens is 1. The zero-order valence-electron chi connectivity index (χ0n) is 16.4. The van der Waals surface area contributed by atoms with Crippen molar-refractivity contribution in [3.63, 3.8) is 0 Å². The highest BCUT2D eigenvalue weighted by molar-refractivity contribution is 5.91. The van der Waals surface area contributed by atoms with E-state index in [2.05, 4.69) is 15.3 Å². The van der Waals surface area contributed by atoms with Crippen molar-refractivity contribution in [2.45, 2.75) is 13.5 Å². The van der Waals surface area contributed by atoms with Gasteiger partial charge < -0.3 is 19.9 Å². The summed E-state index contributed by atoms with van der Waals surface area (Å²) in [5.74, 6) is -0.138. The first-order valence-electron chi connectivity index (χ1n) is 9.32. The smallest absolute Gasteiger partial charge is 0.279 e. The highest BCUT2D eigenvalue weighted by Gasteiger charge is 2.17. The molecule has 0 bridgehead atoms. The van der Waals surface area contributed by atoms with Gasteiger partial charge in [0.15, 0.2) is 12.4 Å². The van der Waals surface area contributed by atoms with Crippen LogP contribution in [0.3, 0.4) is 0 Å². The second-order valence-corrected chi connectivity index (χ2v) is 6.89. The molecular formula is C21H24FN4O3+. The van der Waals surface area contributed by atoms with E-state index in [1.807, 2.05) is 6.07 Å². The van der Waals surface area contributed by atoms with E-state index in [1.165, 1.54) is 6.07 Å².